The highest BCUT2D eigenvalue weighted by Crippen LogP contribution is 2.35. The largest absolute Gasteiger partial charge is 0.334 e. The molecule has 19 heavy (non-hydrogen) atoms. The molecule has 1 aliphatic heterocycles. The van der Waals surface area contributed by atoms with Crippen molar-refractivity contribution < 1.29 is 4.79 Å². The molecular weight excluding hydrogens is 256 g/mol. The van der Waals surface area contributed by atoms with Gasteiger partial charge in [-0.05, 0) is 12.8 Å². The quantitative estimate of drug-likeness (QED) is 0.846. The van der Waals surface area contributed by atoms with Crippen molar-refractivity contribution in [3.8, 4) is 0 Å². The first-order chi connectivity index (χ1) is 8.93. The third-order valence-corrected chi connectivity index (χ3v) is 5.51. The second kappa shape index (κ2) is 6.04. The van der Waals surface area contributed by atoms with Crippen molar-refractivity contribution >= 4 is 17.7 Å². The van der Waals surface area contributed by atoms with Crippen LogP contribution in [0.2, 0.25) is 0 Å². The van der Waals surface area contributed by atoms with Crippen LogP contribution in [0.1, 0.15) is 52.9 Å². The lowest BCUT2D eigenvalue weighted by Crippen LogP contribution is -2.64. The average Bonchev–Trinajstić information content (AvgIpc) is 2.37. The number of hydrogen-bond donors (Lipinski definition) is 1. The summed E-state index contributed by atoms with van der Waals surface area (Å²) < 4.78 is 0.170. The molecule has 110 valence electrons. The molecule has 1 N–H and O–H groups in total. The van der Waals surface area contributed by atoms with Crippen molar-refractivity contribution in [2.24, 2.45) is 0 Å². The highest BCUT2D eigenvalue weighted by atomic mass is 32.2. The van der Waals surface area contributed by atoms with E-state index >= 15 is 0 Å². The van der Waals surface area contributed by atoms with Crippen molar-refractivity contribution in [1.82, 2.24) is 10.2 Å². The van der Waals surface area contributed by atoms with Crippen LogP contribution in [0.4, 0.5) is 0 Å². The number of rotatable bonds is 2. The number of nitrogens with zero attached hydrogens (tertiary/aromatic N) is 1. The molecule has 0 atom stereocenters. The summed E-state index contributed by atoms with van der Waals surface area (Å²) in [6, 6.07) is 0. The molecule has 0 radical (unpaired) electrons. The van der Waals surface area contributed by atoms with E-state index in [0.29, 0.717) is 11.7 Å². The van der Waals surface area contributed by atoms with E-state index in [-0.39, 0.29) is 10.3 Å². The second-order valence-corrected chi connectivity index (χ2v) is 8.71. The predicted octanol–water partition coefficient (Wildman–Crippen LogP) is 2.65. The third-order valence-electron chi connectivity index (χ3n) is 4.25. The Morgan fingerprint density at radius 2 is 1.95 bits per heavy atom. The fourth-order valence-electron chi connectivity index (χ4n) is 3.25. The number of carbonyl (C=O) groups excluding carboxylic acids is 1. The Bertz CT molecular complexity index is 310. The first-order valence-electron chi connectivity index (χ1n) is 7.58. The first-order valence-corrected chi connectivity index (χ1v) is 8.57. The predicted molar refractivity (Wildman–Crippen MR) is 82.6 cm³/mol. The first kappa shape index (κ1) is 15.2. The van der Waals surface area contributed by atoms with Gasteiger partial charge in [0.15, 0.2) is 0 Å². The van der Waals surface area contributed by atoms with E-state index in [9.17, 15) is 4.79 Å². The van der Waals surface area contributed by atoms with Crippen LogP contribution in [-0.4, -0.2) is 46.5 Å². The summed E-state index contributed by atoms with van der Waals surface area (Å²) in [5.74, 6) is 0.981. The van der Waals surface area contributed by atoms with E-state index in [0.717, 1.165) is 19.6 Å². The van der Waals surface area contributed by atoms with Crippen molar-refractivity contribution in [2.45, 2.75) is 63.2 Å². The van der Waals surface area contributed by atoms with E-state index in [1.165, 1.54) is 32.1 Å². The van der Waals surface area contributed by atoms with E-state index < -0.39 is 0 Å². The topological polar surface area (TPSA) is 32.3 Å². The van der Waals surface area contributed by atoms with Crippen molar-refractivity contribution in [2.75, 3.05) is 25.4 Å². The molecule has 0 bridgehead atoms. The molecule has 0 unspecified atom stereocenters. The number of amides is 1. The van der Waals surface area contributed by atoms with Gasteiger partial charge in [-0.3, -0.25) is 4.79 Å². The van der Waals surface area contributed by atoms with Gasteiger partial charge in [0.1, 0.15) is 0 Å². The monoisotopic (exact) mass is 284 g/mol. The molecule has 3 nitrogen and oxygen atoms in total. The highest BCUT2D eigenvalue weighted by Gasteiger charge is 2.42. The van der Waals surface area contributed by atoms with Crippen LogP contribution >= 0.6 is 11.8 Å². The van der Waals surface area contributed by atoms with Gasteiger partial charge in [0, 0.05) is 24.4 Å². The average molecular weight is 284 g/mol. The Morgan fingerprint density at radius 3 is 2.58 bits per heavy atom. The smallest absolute Gasteiger partial charge is 0.233 e. The fraction of sp³-hybridized carbons (Fsp3) is 0.933. The van der Waals surface area contributed by atoms with Crippen LogP contribution in [-0.2, 0) is 4.79 Å². The van der Waals surface area contributed by atoms with Gasteiger partial charge in [-0.15, -0.1) is 11.8 Å². The van der Waals surface area contributed by atoms with Crippen molar-refractivity contribution in [3.05, 3.63) is 0 Å². The molecule has 2 fully saturated rings. The molecule has 1 spiro atoms. The van der Waals surface area contributed by atoms with Crippen LogP contribution in [0.15, 0.2) is 0 Å². The van der Waals surface area contributed by atoms with Crippen LogP contribution in [0, 0.1) is 0 Å². The molecule has 0 aromatic carbocycles. The van der Waals surface area contributed by atoms with Gasteiger partial charge in [0.05, 0.1) is 11.3 Å². The van der Waals surface area contributed by atoms with Crippen molar-refractivity contribution in [1.29, 1.82) is 0 Å². The number of nitrogens with one attached hydrogen (secondary N) is 1. The molecule has 0 aromatic rings. The summed E-state index contributed by atoms with van der Waals surface area (Å²) in [5.41, 5.74) is 0.131. The number of hydrogen-bond acceptors (Lipinski definition) is 3. The maximum atomic E-state index is 12.6. The maximum Gasteiger partial charge on any atom is 0.233 e. The minimum Gasteiger partial charge on any atom is -0.334 e. The molecule has 1 heterocycles. The normalized spacial score (nSPS) is 23.6. The lowest BCUT2D eigenvalue weighted by atomic mass is 9.79. The molecule has 4 heteroatoms. The van der Waals surface area contributed by atoms with Crippen LogP contribution in [0.25, 0.3) is 0 Å². The standard InChI is InChI=1S/C15H28N2OS/c1-14(2,3)19-11-13(18)17-10-9-16-12-15(17)7-5-4-6-8-15/h16H,4-12H2,1-3H3. The Labute approximate surface area is 121 Å². The number of piperazine rings is 1. The zero-order chi connectivity index (χ0) is 13.9. The molecule has 1 saturated heterocycles. The third kappa shape index (κ3) is 3.88. The molecule has 1 amide bonds. The Kier molecular flexibility index (Phi) is 4.83. The van der Waals surface area contributed by atoms with Crippen LogP contribution in [0.5, 0.6) is 0 Å². The molecular formula is C15H28N2OS. The lowest BCUT2D eigenvalue weighted by molar-refractivity contribution is -0.137. The molecule has 1 aliphatic carbocycles. The van der Waals surface area contributed by atoms with E-state index in [1.807, 2.05) is 0 Å². The zero-order valence-corrected chi connectivity index (χ0v) is 13.4. The summed E-state index contributed by atoms with van der Waals surface area (Å²) >= 11 is 1.77. The summed E-state index contributed by atoms with van der Waals surface area (Å²) in [6.07, 6.45) is 6.26. The van der Waals surface area contributed by atoms with Gasteiger partial charge in [0.25, 0.3) is 0 Å². The van der Waals surface area contributed by atoms with Crippen LogP contribution < -0.4 is 5.32 Å². The lowest BCUT2D eigenvalue weighted by Gasteiger charge is -2.50. The summed E-state index contributed by atoms with van der Waals surface area (Å²) in [7, 11) is 0. The van der Waals surface area contributed by atoms with Gasteiger partial charge >= 0.3 is 0 Å². The van der Waals surface area contributed by atoms with Crippen molar-refractivity contribution in [3.63, 3.8) is 0 Å². The summed E-state index contributed by atoms with van der Waals surface area (Å²) in [4.78, 5) is 14.8. The minimum atomic E-state index is 0.131. The fourth-order valence-corrected chi connectivity index (χ4v) is 3.96. The number of carbonyl (C=O) groups is 1. The summed E-state index contributed by atoms with van der Waals surface area (Å²) in [6.45, 7) is 9.38. The zero-order valence-electron chi connectivity index (χ0n) is 12.6. The van der Waals surface area contributed by atoms with Gasteiger partial charge in [-0.1, -0.05) is 40.0 Å². The molecule has 0 aromatic heterocycles. The maximum absolute atomic E-state index is 12.6. The molecule has 2 aliphatic rings. The molecule has 2 rings (SSSR count). The number of thioether (sulfide) groups is 1. The highest BCUT2D eigenvalue weighted by molar-refractivity contribution is 8.01. The SMILES string of the molecule is CC(C)(C)SCC(=O)N1CCNCC12CCCCC2. The molecule has 1 saturated carbocycles. The van der Waals surface area contributed by atoms with Gasteiger partial charge in [-0.2, -0.15) is 0 Å². The van der Waals surface area contributed by atoms with E-state index in [4.69, 9.17) is 0 Å². The minimum absolute atomic E-state index is 0.131. The van der Waals surface area contributed by atoms with Gasteiger partial charge in [-0.25, -0.2) is 0 Å². The van der Waals surface area contributed by atoms with Gasteiger partial charge in [0.2, 0.25) is 5.91 Å². The Morgan fingerprint density at radius 1 is 1.26 bits per heavy atom. The van der Waals surface area contributed by atoms with E-state index in [2.05, 4.69) is 31.0 Å². The second-order valence-electron chi connectivity index (χ2n) is 6.91. The van der Waals surface area contributed by atoms with E-state index in [1.54, 1.807) is 11.8 Å². The van der Waals surface area contributed by atoms with Gasteiger partial charge < -0.3 is 10.2 Å². The van der Waals surface area contributed by atoms with Crippen LogP contribution in [0.3, 0.4) is 0 Å². The Balaban J connectivity index is 2.00. The summed E-state index contributed by atoms with van der Waals surface area (Å²) in [5, 5.41) is 3.50. The Hall–Kier alpha value is -0.220.